The molecule has 0 atom stereocenters. The molecule has 0 amide bonds. The fraction of sp³-hybridized carbons (Fsp3) is 0.500. The lowest BCUT2D eigenvalue weighted by Crippen LogP contribution is -2.33. The van der Waals surface area contributed by atoms with Crippen LogP contribution in [0.2, 0.25) is 0 Å². The minimum Gasteiger partial charge on any atom is -0.299 e. The minimum absolute atomic E-state index is 0.00581. The van der Waals surface area contributed by atoms with Gasteiger partial charge in [-0.05, 0) is 38.9 Å². The van der Waals surface area contributed by atoms with E-state index in [1.807, 2.05) is 19.3 Å². The quantitative estimate of drug-likeness (QED) is 0.662. The summed E-state index contributed by atoms with van der Waals surface area (Å²) in [5.74, 6) is 0.829. The van der Waals surface area contributed by atoms with E-state index >= 15 is 0 Å². The number of aromatic nitrogens is 5. The van der Waals surface area contributed by atoms with Crippen LogP contribution in [0.15, 0.2) is 24.5 Å². The molecule has 4 rings (SSSR count). The van der Waals surface area contributed by atoms with Gasteiger partial charge >= 0.3 is 6.18 Å². The highest BCUT2D eigenvalue weighted by molar-refractivity contribution is 5.42. The summed E-state index contributed by atoms with van der Waals surface area (Å²) in [5.41, 5.74) is 1.56. The molecule has 4 heterocycles. The number of alkyl halides is 3. The van der Waals surface area contributed by atoms with Gasteiger partial charge in [-0.15, -0.1) is 0 Å². The number of rotatable bonds is 4. The summed E-state index contributed by atoms with van der Waals surface area (Å²) in [5, 5.41) is 3.95. The van der Waals surface area contributed by atoms with E-state index in [1.54, 1.807) is 13.0 Å². The lowest BCUT2D eigenvalue weighted by atomic mass is 9.92. The van der Waals surface area contributed by atoms with Gasteiger partial charge in [-0.1, -0.05) is 6.92 Å². The van der Waals surface area contributed by atoms with Gasteiger partial charge in [0.2, 0.25) is 0 Å². The standard InChI is InChI=1S/C20H23F3N6/c1-3-18-24-10-14(11-25-18)12-28-6-4-15(5-7-28)16-9-17(20(21,22)23)29-19(26-16)8-13(2)27-29/h8-11,15H,3-7,12H2,1-2H3. The van der Waals surface area contributed by atoms with Crippen LogP contribution in [0.1, 0.15) is 54.2 Å². The molecule has 1 aliphatic heterocycles. The van der Waals surface area contributed by atoms with Crippen molar-refractivity contribution in [2.75, 3.05) is 13.1 Å². The topological polar surface area (TPSA) is 59.2 Å². The Morgan fingerprint density at radius 3 is 2.41 bits per heavy atom. The second kappa shape index (κ2) is 7.70. The Morgan fingerprint density at radius 1 is 1.10 bits per heavy atom. The summed E-state index contributed by atoms with van der Waals surface area (Å²) >= 11 is 0. The van der Waals surface area contributed by atoms with Crippen molar-refractivity contribution in [3.05, 3.63) is 53.0 Å². The highest BCUT2D eigenvalue weighted by Crippen LogP contribution is 2.34. The van der Waals surface area contributed by atoms with Crippen molar-refractivity contribution in [1.29, 1.82) is 0 Å². The molecule has 6 nitrogen and oxygen atoms in total. The van der Waals surface area contributed by atoms with E-state index in [-0.39, 0.29) is 11.6 Å². The first kappa shape index (κ1) is 19.8. The summed E-state index contributed by atoms with van der Waals surface area (Å²) in [6.45, 7) is 6.03. The first-order chi connectivity index (χ1) is 13.8. The first-order valence-electron chi connectivity index (χ1n) is 9.80. The average molecular weight is 404 g/mol. The Balaban J connectivity index is 1.48. The maximum Gasteiger partial charge on any atom is 0.433 e. The van der Waals surface area contributed by atoms with E-state index in [2.05, 4.69) is 25.0 Å². The highest BCUT2D eigenvalue weighted by Gasteiger charge is 2.36. The summed E-state index contributed by atoms with van der Waals surface area (Å²) in [6, 6.07) is 2.75. The molecule has 0 spiro atoms. The molecule has 9 heteroatoms. The van der Waals surface area contributed by atoms with Gasteiger partial charge in [-0.2, -0.15) is 18.3 Å². The van der Waals surface area contributed by atoms with Crippen molar-refractivity contribution in [1.82, 2.24) is 29.5 Å². The van der Waals surface area contributed by atoms with E-state index in [9.17, 15) is 13.2 Å². The van der Waals surface area contributed by atoms with Crippen LogP contribution in [0.25, 0.3) is 5.65 Å². The van der Waals surface area contributed by atoms with Gasteiger partial charge < -0.3 is 0 Å². The molecule has 3 aromatic heterocycles. The van der Waals surface area contributed by atoms with Crippen LogP contribution in [-0.4, -0.2) is 42.6 Å². The second-order valence-electron chi connectivity index (χ2n) is 7.53. The number of piperidine rings is 1. The number of likely N-dealkylation sites (tertiary alicyclic amines) is 1. The van der Waals surface area contributed by atoms with E-state index in [1.165, 1.54) is 0 Å². The molecule has 0 radical (unpaired) electrons. The molecule has 0 aliphatic carbocycles. The van der Waals surface area contributed by atoms with Crippen molar-refractivity contribution in [3.63, 3.8) is 0 Å². The molecular weight excluding hydrogens is 381 g/mol. The van der Waals surface area contributed by atoms with Crippen LogP contribution >= 0.6 is 0 Å². The minimum atomic E-state index is -4.47. The highest BCUT2D eigenvalue weighted by atomic mass is 19.4. The third kappa shape index (κ3) is 4.24. The molecule has 1 aliphatic rings. The molecule has 0 saturated carbocycles. The maximum atomic E-state index is 13.5. The molecule has 29 heavy (non-hydrogen) atoms. The SMILES string of the molecule is CCc1ncc(CN2CCC(c3cc(C(F)(F)F)n4nc(C)cc4n3)CC2)cn1. The zero-order chi connectivity index (χ0) is 20.6. The normalized spacial score (nSPS) is 16.6. The predicted molar refractivity (Wildman–Crippen MR) is 101 cm³/mol. The smallest absolute Gasteiger partial charge is 0.299 e. The largest absolute Gasteiger partial charge is 0.433 e. The van der Waals surface area contributed by atoms with Crippen LogP contribution in [-0.2, 0) is 19.1 Å². The van der Waals surface area contributed by atoms with Crippen molar-refractivity contribution in [2.24, 2.45) is 0 Å². The summed E-state index contributed by atoms with van der Waals surface area (Å²) in [7, 11) is 0. The Labute approximate surface area is 166 Å². The molecule has 0 aromatic carbocycles. The third-order valence-electron chi connectivity index (χ3n) is 5.35. The third-order valence-corrected chi connectivity index (χ3v) is 5.35. The predicted octanol–water partition coefficient (Wildman–Crippen LogP) is 3.79. The van der Waals surface area contributed by atoms with Gasteiger partial charge in [0.05, 0.1) is 5.69 Å². The number of nitrogens with zero attached hydrogens (tertiary/aromatic N) is 6. The van der Waals surface area contributed by atoms with Crippen molar-refractivity contribution in [3.8, 4) is 0 Å². The fourth-order valence-corrected chi connectivity index (χ4v) is 3.81. The average Bonchev–Trinajstić information content (AvgIpc) is 3.07. The number of hydrogen-bond acceptors (Lipinski definition) is 5. The lowest BCUT2D eigenvalue weighted by Gasteiger charge is -2.31. The molecule has 0 bridgehead atoms. The van der Waals surface area contributed by atoms with Crippen LogP contribution in [0, 0.1) is 6.92 Å². The van der Waals surface area contributed by atoms with Gasteiger partial charge in [0, 0.05) is 48.6 Å². The van der Waals surface area contributed by atoms with Crippen LogP contribution < -0.4 is 0 Å². The lowest BCUT2D eigenvalue weighted by molar-refractivity contribution is -0.142. The molecule has 0 N–H and O–H groups in total. The molecule has 3 aromatic rings. The van der Waals surface area contributed by atoms with Crippen molar-refractivity contribution in [2.45, 2.75) is 51.7 Å². The van der Waals surface area contributed by atoms with E-state index in [4.69, 9.17) is 0 Å². The Morgan fingerprint density at radius 2 is 1.79 bits per heavy atom. The number of halogens is 3. The Bertz CT molecular complexity index is 988. The van der Waals surface area contributed by atoms with Gasteiger partial charge in [0.15, 0.2) is 5.65 Å². The summed E-state index contributed by atoms with van der Waals surface area (Å²) < 4.78 is 41.5. The second-order valence-corrected chi connectivity index (χ2v) is 7.53. The number of fused-ring (bicyclic) bond motifs is 1. The zero-order valence-electron chi connectivity index (χ0n) is 16.4. The van der Waals surface area contributed by atoms with Gasteiger partial charge in [0.25, 0.3) is 0 Å². The zero-order valence-corrected chi connectivity index (χ0v) is 16.4. The summed E-state index contributed by atoms with van der Waals surface area (Å²) in [6.07, 6.45) is 1.57. The van der Waals surface area contributed by atoms with E-state index in [0.717, 1.165) is 60.9 Å². The molecule has 1 saturated heterocycles. The number of aryl methyl sites for hydroxylation is 2. The van der Waals surface area contributed by atoms with Crippen LogP contribution in [0.5, 0.6) is 0 Å². The Hall–Kier alpha value is -2.55. The van der Waals surface area contributed by atoms with Crippen LogP contribution in [0.4, 0.5) is 13.2 Å². The van der Waals surface area contributed by atoms with Crippen molar-refractivity contribution < 1.29 is 13.2 Å². The first-order valence-corrected chi connectivity index (χ1v) is 9.80. The monoisotopic (exact) mass is 404 g/mol. The van der Waals surface area contributed by atoms with Gasteiger partial charge in [0.1, 0.15) is 11.5 Å². The fourth-order valence-electron chi connectivity index (χ4n) is 3.81. The molecule has 154 valence electrons. The van der Waals surface area contributed by atoms with Crippen LogP contribution in [0.3, 0.4) is 0 Å². The Kier molecular flexibility index (Phi) is 5.24. The van der Waals surface area contributed by atoms with Gasteiger partial charge in [-0.25, -0.2) is 19.5 Å². The molecular formula is C20H23F3N6. The number of hydrogen-bond donors (Lipinski definition) is 0. The molecule has 1 fully saturated rings. The van der Waals surface area contributed by atoms with Gasteiger partial charge in [-0.3, -0.25) is 4.90 Å². The molecule has 0 unspecified atom stereocenters. The van der Waals surface area contributed by atoms with E-state index < -0.39 is 11.9 Å². The maximum absolute atomic E-state index is 13.5. The van der Waals surface area contributed by atoms with Crippen molar-refractivity contribution >= 4 is 5.65 Å². The van der Waals surface area contributed by atoms with E-state index in [0.29, 0.717) is 11.4 Å². The summed E-state index contributed by atoms with van der Waals surface area (Å²) in [4.78, 5) is 15.4.